The number of allylic oxidation sites excluding steroid dienone is 1. The summed E-state index contributed by atoms with van der Waals surface area (Å²) in [7, 11) is 0. The van der Waals surface area contributed by atoms with Crippen LogP contribution in [-0.4, -0.2) is 62.5 Å². The van der Waals surface area contributed by atoms with Crippen LogP contribution >= 0.6 is 11.6 Å². The van der Waals surface area contributed by atoms with Crippen LogP contribution < -0.4 is 0 Å². The maximum Gasteiger partial charge on any atom is 0.290 e. The third-order valence-corrected chi connectivity index (χ3v) is 8.64. The number of aromatic amines is 1. The van der Waals surface area contributed by atoms with Gasteiger partial charge in [0.25, 0.3) is 5.91 Å². The van der Waals surface area contributed by atoms with Crippen molar-refractivity contribution in [1.82, 2.24) is 19.8 Å². The highest BCUT2D eigenvalue weighted by molar-refractivity contribution is 6.32. The quantitative estimate of drug-likeness (QED) is 0.508. The zero-order valence-electron chi connectivity index (χ0n) is 21.8. The van der Waals surface area contributed by atoms with Crippen molar-refractivity contribution in [1.29, 1.82) is 0 Å². The number of piperazine rings is 1. The topological polar surface area (TPSA) is 86.4 Å². The lowest BCUT2D eigenvalue weighted by Crippen LogP contribution is -2.53. The first-order chi connectivity index (χ1) is 18.1. The van der Waals surface area contributed by atoms with Crippen LogP contribution in [0.2, 0.25) is 5.02 Å². The molecule has 1 N–H and O–H groups in total. The lowest BCUT2D eigenvalue weighted by atomic mass is 9.76. The highest BCUT2D eigenvalue weighted by atomic mass is 35.5. The molecule has 1 aromatic heterocycles. The van der Waals surface area contributed by atoms with Gasteiger partial charge in [-0.3, -0.25) is 14.4 Å². The van der Waals surface area contributed by atoms with Crippen molar-refractivity contribution in [3.8, 4) is 0 Å². The summed E-state index contributed by atoms with van der Waals surface area (Å²) in [6, 6.07) is 13.2. The van der Waals surface area contributed by atoms with Crippen LogP contribution in [0.15, 0.2) is 48.0 Å². The van der Waals surface area contributed by atoms with E-state index in [9.17, 15) is 14.4 Å². The number of nitrogens with zero attached hydrogens (tertiary/aromatic N) is 3. The number of aromatic nitrogens is 2. The molecule has 3 aliphatic rings. The van der Waals surface area contributed by atoms with Gasteiger partial charge in [-0.2, -0.15) is 0 Å². The Morgan fingerprint density at radius 2 is 1.79 bits per heavy atom. The molecule has 3 heterocycles. The Bertz CT molecular complexity index is 1470. The van der Waals surface area contributed by atoms with E-state index < -0.39 is 5.92 Å². The van der Waals surface area contributed by atoms with Crippen LogP contribution in [0.25, 0.3) is 17.1 Å². The van der Waals surface area contributed by atoms with Crippen molar-refractivity contribution in [2.24, 2.45) is 11.3 Å². The van der Waals surface area contributed by atoms with Gasteiger partial charge in [0.05, 0.1) is 29.0 Å². The van der Waals surface area contributed by atoms with Gasteiger partial charge in [-0.1, -0.05) is 56.6 Å². The van der Waals surface area contributed by atoms with E-state index in [1.165, 1.54) is 0 Å². The normalized spacial score (nSPS) is 21.1. The fourth-order valence-electron chi connectivity index (χ4n) is 6.16. The number of carbonyl (C=O) groups is 3. The van der Waals surface area contributed by atoms with Gasteiger partial charge in [-0.25, -0.2) is 4.98 Å². The monoisotopic (exact) mass is 530 g/mol. The molecule has 0 unspecified atom stereocenters. The summed E-state index contributed by atoms with van der Waals surface area (Å²) >= 11 is 6.33. The minimum atomic E-state index is -0.450. The molecule has 38 heavy (non-hydrogen) atoms. The van der Waals surface area contributed by atoms with Crippen LogP contribution in [0.5, 0.6) is 0 Å². The highest BCUT2D eigenvalue weighted by Gasteiger charge is 2.50. The van der Waals surface area contributed by atoms with Crippen LogP contribution in [0, 0.1) is 11.3 Å². The van der Waals surface area contributed by atoms with E-state index in [0.717, 1.165) is 28.6 Å². The zero-order chi connectivity index (χ0) is 26.8. The van der Waals surface area contributed by atoms with Gasteiger partial charge in [0.2, 0.25) is 5.91 Å². The Labute approximate surface area is 226 Å². The average Bonchev–Trinajstić information content (AvgIpc) is 3.67. The molecule has 3 aromatic rings. The predicted octanol–water partition coefficient (Wildman–Crippen LogP) is 4.90. The SMILES string of the molecule is CC(C)(C)[C@H](CC(=O)C1=Cc2c(Cl)cccc2C1)C(=O)N1C[C@@H]2C[C@H]1CN2C(=O)c1nc2ccccc2[nH]1. The third kappa shape index (κ3) is 4.23. The van der Waals surface area contributed by atoms with Crippen LogP contribution in [0.3, 0.4) is 0 Å². The molecular weight excluding hydrogens is 500 g/mol. The molecule has 6 rings (SSSR count). The van der Waals surface area contributed by atoms with Crippen molar-refractivity contribution in [3.63, 3.8) is 0 Å². The molecule has 0 spiro atoms. The smallest absolute Gasteiger partial charge is 0.290 e. The zero-order valence-corrected chi connectivity index (χ0v) is 22.6. The van der Waals surface area contributed by atoms with Gasteiger partial charge in [0, 0.05) is 36.5 Å². The molecule has 2 bridgehead atoms. The van der Waals surface area contributed by atoms with E-state index in [2.05, 4.69) is 9.97 Å². The Morgan fingerprint density at radius 1 is 1.05 bits per heavy atom. The molecule has 0 saturated carbocycles. The molecular formula is C30H31ClN4O3. The van der Waals surface area contributed by atoms with Gasteiger partial charge in [0.15, 0.2) is 11.6 Å². The fraction of sp³-hybridized carbons (Fsp3) is 0.400. The molecule has 2 aliphatic heterocycles. The minimum Gasteiger partial charge on any atom is -0.336 e. The lowest BCUT2D eigenvalue weighted by molar-refractivity contribution is -0.143. The Morgan fingerprint density at radius 3 is 2.47 bits per heavy atom. The number of imidazole rings is 1. The number of amides is 2. The number of fused-ring (bicyclic) bond motifs is 4. The number of nitrogens with one attached hydrogen (secondary N) is 1. The highest BCUT2D eigenvalue weighted by Crippen LogP contribution is 2.39. The molecule has 7 nitrogen and oxygen atoms in total. The summed E-state index contributed by atoms with van der Waals surface area (Å²) in [5.41, 5.74) is 3.87. The van der Waals surface area contributed by atoms with Crippen molar-refractivity contribution >= 4 is 46.3 Å². The third-order valence-electron chi connectivity index (χ3n) is 8.31. The number of Topliss-reactive ketones (excluding diaryl/α,β-unsaturated/α-hetero) is 1. The molecule has 2 amide bonds. The van der Waals surface area contributed by atoms with Crippen LogP contribution in [-0.2, 0) is 16.0 Å². The number of hydrogen-bond acceptors (Lipinski definition) is 4. The summed E-state index contributed by atoms with van der Waals surface area (Å²) in [5.74, 6) is -0.246. The summed E-state index contributed by atoms with van der Waals surface area (Å²) < 4.78 is 0. The number of H-pyrrole nitrogens is 1. The largest absolute Gasteiger partial charge is 0.336 e. The molecule has 1 aliphatic carbocycles. The van der Waals surface area contributed by atoms with Crippen molar-refractivity contribution in [3.05, 3.63) is 70.0 Å². The Kier molecular flexibility index (Phi) is 5.94. The fourth-order valence-corrected chi connectivity index (χ4v) is 6.41. The lowest BCUT2D eigenvalue weighted by Gasteiger charge is -2.38. The summed E-state index contributed by atoms with van der Waals surface area (Å²) in [4.78, 5) is 51.9. The summed E-state index contributed by atoms with van der Waals surface area (Å²) in [6.45, 7) is 7.02. The second-order valence-electron chi connectivity index (χ2n) is 11.8. The van der Waals surface area contributed by atoms with Crippen LogP contribution in [0.4, 0.5) is 0 Å². The van der Waals surface area contributed by atoms with E-state index in [-0.39, 0.29) is 41.5 Å². The number of benzene rings is 2. The number of hydrogen-bond donors (Lipinski definition) is 1. The summed E-state index contributed by atoms with van der Waals surface area (Å²) in [5, 5.41) is 0.642. The van der Waals surface area contributed by atoms with Gasteiger partial charge in [-0.15, -0.1) is 0 Å². The number of carbonyl (C=O) groups excluding carboxylic acids is 3. The van der Waals surface area contributed by atoms with Crippen molar-refractivity contribution < 1.29 is 14.4 Å². The minimum absolute atomic E-state index is 0.00308. The average molecular weight is 531 g/mol. The Hall–Kier alpha value is -3.45. The molecule has 2 saturated heterocycles. The van der Waals surface area contributed by atoms with E-state index in [1.807, 2.05) is 79.1 Å². The van der Waals surface area contributed by atoms with Gasteiger partial charge < -0.3 is 14.8 Å². The number of halogens is 1. The van der Waals surface area contributed by atoms with Gasteiger partial charge >= 0.3 is 0 Å². The molecule has 0 radical (unpaired) electrons. The maximum absolute atomic E-state index is 13.9. The number of para-hydroxylation sites is 2. The molecule has 2 fully saturated rings. The number of likely N-dealkylation sites (tertiary alicyclic amines) is 2. The van der Waals surface area contributed by atoms with E-state index in [4.69, 9.17) is 11.6 Å². The predicted molar refractivity (Wildman–Crippen MR) is 147 cm³/mol. The van der Waals surface area contributed by atoms with Gasteiger partial charge in [0.1, 0.15) is 0 Å². The van der Waals surface area contributed by atoms with Crippen LogP contribution in [0.1, 0.15) is 55.4 Å². The van der Waals surface area contributed by atoms with E-state index in [1.54, 1.807) is 0 Å². The van der Waals surface area contributed by atoms with E-state index >= 15 is 0 Å². The first kappa shape index (κ1) is 24.9. The van der Waals surface area contributed by atoms with Crippen molar-refractivity contribution in [2.45, 2.75) is 52.1 Å². The Balaban J connectivity index is 1.15. The molecule has 3 atom stereocenters. The number of rotatable bonds is 5. The van der Waals surface area contributed by atoms with Gasteiger partial charge in [-0.05, 0) is 47.2 Å². The second kappa shape index (κ2) is 9.09. The molecule has 8 heteroatoms. The van der Waals surface area contributed by atoms with Crippen molar-refractivity contribution in [2.75, 3.05) is 13.1 Å². The first-order valence-electron chi connectivity index (χ1n) is 13.2. The number of ketones is 1. The maximum atomic E-state index is 13.9. The first-order valence-corrected chi connectivity index (χ1v) is 13.6. The summed E-state index contributed by atoms with van der Waals surface area (Å²) in [6.07, 6.45) is 3.34. The molecule has 196 valence electrons. The molecule has 2 aromatic carbocycles. The van der Waals surface area contributed by atoms with E-state index in [0.29, 0.717) is 35.9 Å². The standard InChI is InChI=1S/C30H31ClN4O3/c1-30(2,3)22(14-26(36)18-11-17-7-6-8-23(31)21(17)12-18)28(37)34-15-20-13-19(34)16-35(20)29(38)27-32-24-9-4-5-10-25(24)33-27/h4-10,12,19-20,22H,11,13-16H2,1-3H3,(H,32,33)/t19-,20-,22+/m0/s1. The second-order valence-corrected chi connectivity index (χ2v) is 12.2.